The molecule has 0 radical (unpaired) electrons. The monoisotopic (exact) mass is 536 g/mol. The number of carbonyl (C=O) groups is 3. The number of unbranched alkanes of at least 4 members (excludes halogenated alkanes) is 1. The summed E-state index contributed by atoms with van der Waals surface area (Å²) < 4.78 is 10.9. The highest BCUT2D eigenvalue weighted by Gasteiger charge is 2.38. The number of nitrogens with two attached hydrogens (primary N) is 1. The van der Waals surface area contributed by atoms with Crippen LogP contribution < -0.4 is 5.73 Å². The van der Waals surface area contributed by atoms with Gasteiger partial charge in [-0.1, -0.05) is 78.3 Å². The SMILES string of the molecule is NCCCC[C@@H](C(=O)O)N(C(=O)OCc1ccccc1Cl)C(=O)OCC1c2ccccc2-c2ccccc21. The predicted octanol–water partition coefficient (Wildman–Crippen LogP) is 5.81. The van der Waals surface area contributed by atoms with E-state index in [1.165, 1.54) is 0 Å². The Hall–Kier alpha value is -3.88. The third-order valence-electron chi connectivity index (χ3n) is 6.57. The number of carboxylic acids is 1. The molecule has 9 heteroatoms. The van der Waals surface area contributed by atoms with Gasteiger partial charge in [-0.3, -0.25) is 0 Å². The topological polar surface area (TPSA) is 119 Å². The lowest BCUT2D eigenvalue weighted by Crippen LogP contribution is -2.49. The summed E-state index contributed by atoms with van der Waals surface area (Å²) in [5.74, 6) is -1.60. The molecule has 0 saturated heterocycles. The molecule has 0 aromatic heterocycles. The number of nitrogens with zero attached hydrogens (tertiary/aromatic N) is 1. The summed E-state index contributed by atoms with van der Waals surface area (Å²) in [6.45, 7) is 0.0470. The number of aliphatic carboxylic acids is 1. The van der Waals surface area contributed by atoms with Crippen LogP contribution in [0.2, 0.25) is 5.02 Å². The fourth-order valence-corrected chi connectivity index (χ4v) is 4.85. The number of carboxylic acid groups (broad SMARTS) is 1. The molecule has 4 rings (SSSR count). The van der Waals surface area contributed by atoms with Gasteiger partial charge in [-0.05, 0) is 54.1 Å². The van der Waals surface area contributed by atoms with Crippen LogP contribution in [-0.2, 0) is 20.9 Å². The number of imide groups is 1. The maximum absolute atomic E-state index is 13.3. The molecule has 3 aromatic carbocycles. The standard InChI is InChI=1S/C29H29ClN2O6/c30-25-14-6-1-9-19(25)17-37-28(35)32(26(27(33)34)15-7-8-16-31)29(36)38-18-24-22-12-4-2-10-20(22)21-11-3-5-13-23(21)24/h1-6,9-14,24,26H,7-8,15-18,31H2,(H,33,34)/t26-/m0/s1. The van der Waals surface area contributed by atoms with Crippen LogP contribution in [0.3, 0.4) is 0 Å². The Morgan fingerprint density at radius 3 is 2.05 bits per heavy atom. The highest BCUT2D eigenvalue weighted by atomic mass is 35.5. The van der Waals surface area contributed by atoms with Crippen molar-refractivity contribution >= 4 is 29.8 Å². The van der Waals surface area contributed by atoms with Gasteiger partial charge in [-0.2, -0.15) is 4.90 Å². The zero-order chi connectivity index (χ0) is 27.1. The molecule has 1 aliphatic carbocycles. The van der Waals surface area contributed by atoms with Crippen molar-refractivity contribution in [3.8, 4) is 11.1 Å². The van der Waals surface area contributed by atoms with Crippen LogP contribution in [0.1, 0.15) is 41.9 Å². The van der Waals surface area contributed by atoms with Crippen LogP contribution in [0.4, 0.5) is 9.59 Å². The molecule has 8 nitrogen and oxygen atoms in total. The van der Waals surface area contributed by atoms with Gasteiger partial charge in [0.1, 0.15) is 19.3 Å². The average Bonchev–Trinajstić information content (AvgIpc) is 3.24. The highest BCUT2D eigenvalue weighted by molar-refractivity contribution is 6.31. The molecule has 3 aromatic rings. The van der Waals surface area contributed by atoms with E-state index in [0.717, 1.165) is 22.3 Å². The summed E-state index contributed by atoms with van der Waals surface area (Å²) in [5, 5.41) is 10.3. The second-order valence-corrected chi connectivity index (χ2v) is 9.37. The van der Waals surface area contributed by atoms with Gasteiger partial charge in [-0.15, -0.1) is 0 Å². The Morgan fingerprint density at radius 2 is 1.45 bits per heavy atom. The lowest BCUT2D eigenvalue weighted by atomic mass is 9.98. The third-order valence-corrected chi connectivity index (χ3v) is 6.94. The maximum atomic E-state index is 13.3. The first-order chi connectivity index (χ1) is 18.4. The fraction of sp³-hybridized carbons (Fsp3) is 0.276. The molecule has 0 bridgehead atoms. The van der Waals surface area contributed by atoms with Crippen LogP contribution >= 0.6 is 11.6 Å². The molecule has 3 N–H and O–H groups in total. The normalized spacial score (nSPS) is 12.8. The largest absolute Gasteiger partial charge is 0.480 e. The van der Waals surface area contributed by atoms with Gasteiger partial charge in [-0.25, -0.2) is 14.4 Å². The third kappa shape index (κ3) is 5.98. The summed E-state index contributed by atoms with van der Waals surface area (Å²) in [6.07, 6.45) is -1.26. The molecule has 2 amide bonds. The number of hydrogen-bond donors (Lipinski definition) is 2. The molecule has 38 heavy (non-hydrogen) atoms. The van der Waals surface area contributed by atoms with Crippen LogP contribution in [0.5, 0.6) is 0 Å². The molecule has 0 saturated carbocycles. The summed E-state index contributed by atoms with van der Waals surface area (Å²) in [7, 11) is 0. The lowest BCUT2D eigenvalue weighted by molar-refractivity contribution is -0.142. The van der Waals surface area contributed by atoms with Crippen LogP contribution in [0.15, 0.2) is 72.8 Å². The molecule has 1 aliphatic rings. The van der Waals surface area contributed by atoms with E-state index < -0.39 is 24.2 Å². The van der Waals surface area contributed by atoms with Crippen LogP contribution in [0.25, 0.3) is 11.1 Å². The van der Waals surface area contributed by atoms with Crippen LogP contribution in [0, 0.1) is 0 Å². The maximum Gasteiger partial charge on any atom is 0.420 e. The van der Waals surface area contributed by atoms with E-state index in [4.69, 9.17) is 26.8 Å². The van der Waals surface area contributed by atoms with Gasteiger partial charge in [0.05, 0.1) is 0 Å². The van der Waals surface area contributed by atoms with Gasteiger partial charge in [0, 0.05) is 16.5 Å². The summed E-state index contributed by atoms with van der Waals surface area (Å²) >= 11 is 6.15. The van der Waals surface area contributed by atoms with Crippen molar-refractivity contribution in [2.24, 2.45) is 5.73 Å². The molecule has 1 atom stereocenters. The first kappa shape index (κ1) is 27.2. The van der Waals surface area contributed by atoms with Crippen molar-refractivity contribution in [2.45, 2.75) is 37.8 Å². The Labute approximate surface area is 225 Å². The van der Waals surface area contributed by atoms with Gasteiger partial charge < -0.3 is 20.3 Å². The minimum Gasteiger partial charge on any atom is -0.480 e. The molecule has 0 aliphatic heterocycles. The Bertz CT molecular complexity index is 1270. The molecule has 0 fully saturated rings. The van der Waals surface area contributed by atoms with Gasteiger partial charge in [0.25, 0.3) is 0 Å². The van der Waals surface area contributed by atoms with Gasteiger partial charge in [0.2, 0.25) is 0 Å². The Kier molecular flexibility index (Phi) is 8.99. The number of ether oxygens (including phenoxy) is 2. The van der Waals surface area contributed by atoms with Crippen molar-refractivity contribution in [1.82, 2.24) is 4.90 Å². The number of hydrogen-bond acceptors (Lipinski definition) is 6. The van der Waals surface area contributed by atoms with Crippen molar-refractivity contribution in [2.75, 3.05) is 13.2 Å². The molecule has 0 heterocycles. The smallest absolute Gasteiger partial charge is 0.420 e. The van der Waals surface area contributed by atoms with Gasteiger partial charge >= 0.3 is 18.2 Å². The zero-order valence-corrected chi connectivity index (χ0v) is 21.5. The zero-order valence-electron chi connectivity index (χ0n) is 20.7. The van der Waals surface area contributed by atoms with E-state index >= 15 is 0 Å². The lowest BCUT2D eigenvalue weighted by Gasteiger charge is -2.26. The Morgan fingerprint density at radius 1 is 0.868 bits per heavy atom. The summed E-state index contributed by atoms with van der Waals surface area (Å²) in [4.78, 5) is 39.1. The second kappa shape index (κ2) is 12.6. The molecule has 0 spiro atoms. The van der Waals surface area contributed by atoms with Gasteiger partial charge in [0.15, 0.2) is 0 Å². The van der Waals surface area contributed by atoms with Crippen LogP contribution in [-0.4, -0.2) is 47.4 Å². The quantitative estimate of drug-likeness (QED) is 0.314. The Balaban J connectivity index is 1.54. The first-order valence-electron chi connectivity index (χ1n) is 12.4. The number of amides is 2. The summed E-state index contributed by atoms with van der Waals surface area (Å²) in [6, 6.07) is 21.0. The van der Waals surface area contributed by atoms with Crippen molar-refractivity contribution in [3.05, 3.63) is 94.5 Å². The number of carbonyl (C=O) groups excluding carboxylic acids is 2. The predicted molar refractivity (Wildman–Crippen MR) is 143 cm³/mol. The van der Waals surface area contributed by atoms with Crippen molar-refractivity contribution in [1.29, 1.82) is 0 Å². The molecule has 198 valence electrons. The van der Waals surface area contributed by atoms with Crippen molar-refractivity contribution < 1.29 is 29.0 Å². The van der Waals surface area contributed by atoms with E-state index in [-0.39, 0.29) is 25.6 Å². The van der Waals surface area contributed by atoms with E-state index in [0.29, 0.717) is 34.9 Å². The molecular weight excluding hydrogens is 508 g/mol. The molecule has 0 unspecified atom stereocenters. The van der Waals surface area contributed by atoms with E-state index in [1.54, 1.807) is 24.3 Å². The highest BCUT2D eigenvalue weighted by Crippen LogP contribution is 2.44. The minimum absolute atomic E-state index is 0.0118. The minimum atomic E-state index is -1.48. The van der Waals surface area contributed by atoms with E-state index in [2.05, 4.69) is 0 Å². The van der Waals surface area contributed by atoms with E-state index in [9.17, 15) is 19.5 Å². The number of rotatable bonds is 10. The second-order valence-electron chi connectivity index (χ2n) is 8.96. The number of benzene rings is 3. The number of fused-ring (bicyclic) bond motifs is 3. The first-order valence-corrected chi connectivity index (χ1v) is 12.8. The van der Waals surface area contributed by atoms with E-state index in [1.807, 2.05) is 48.5 Å². The average molecular weight is 537 g/mol. The fourth-order valence-electron chi connectivity index (χ4n) is 4.66. The summed E-state index contributed by atoms with van der Waals surface area (Å²) in [5.41, 5.74) is 10.1. The number of halogens is 1. The molecular formula is C29H29ClN2O6. The van der Waals surface area contributed by atoms with Crippen molar-refractivity contribution in [3.63, 3.8) is 0 Å².